The number of aliphatic hydroxyl groups is 1. The Balaban J connectivity index is 2.49. The van der Waals surface area contributed by atoms with E-state index in [0.29, 0.717) is 13.0 Å². The molecule has 0 aromatic carbocycles. The monoisotopic (exact) mass is 131 g/mol. The van der Waals surface area contributed by atoms with Crippen molar-refractivity contribution in [1.29, 1.82) is 0 Å². The van der Waals surface area contributed by atoms with Gasteiger partial charge in [-0.05, 0) is 13.0 Å². The molecule has 1 heterocycles. The maximum atomic E-state index is 10.2. The van der Waals surface area contributed by atoms with Gasteiger partial charge in [0.05, 0.1) is 6.10 Å². The lowest BCUT2D eigenvalue weighted by molar-refractivity contribution is -0.141. The summed E-state index contributed by atoms with van der Waals surface area (Å²) < 4.78 is 0. The fraction of sp³-hybridized carbons (Fsp3) is 0.800. The van der Waals surface area contributed by atoms with Gasteiger partial charge >= 0.3 is 5.97 Å². The summed E-state index contributed by atoms with van der Waals surface area (Å²) in [6.45, 7) is 0.595. The molecule has 0 aromatic heterocycles. The molecule has 4 nitrogen and oxygen atoms in total. The Morgan fingerprint density at radius 3 is 2.56 bits per heavy atom. The summed E-state index contributed by atoms with van der Waals surface area (Å²) in [4.78, 5) is 10.2. The zero-order valence-electron chi connectivity index (χ0n) is 4.87. The first-order chi connectivity index (χ1) is 4.22. The first-order valence-corrected chi connectivity index (χ1v) is 2.86. The first-order valence-electron chi connectivity index (χ1n) is 2.86. The summed E-state index contributed by atoms with van der Waals surface area (Å²) in [7, 11) is 0. The average molecular weight is 131 g/mol. The third-order valence-electron chi connectivity index (χ3n) is 1.46. The summed E-state index contributed by atoms with van der Waals surface area (Å²) in [6.07, 6.45) is -0.167. The highest BCUT2D eigenvalue weighted by atomic mass is 16.4. The van der Waals surface area contributed by atoms with Crippen LogP contribution >= 0.6 is 0 Å². The molecule has 2 atom stereocenters. The molecule has 4 heteroatoms. The van der Waals surface area contributed by atoms with Gasteiger partial charge in [-0.15, -0.1) is 0 Å². The second-order valence-corrected chi connectivity index (χ2v) is 2.13. The Labute approximate surface area is 52.5 Å². The lowest BCUT2D eigenvalue weighted by atomic mass is 10.2. The van der Waals surface area contributed by atoms with Gasteiger partial charge in [0, 0.05) is 0 Å². The van der Waals surface area contributed by atoms with Crippen LogP contribution in [0.2, 0.25) is 0 Å². The number of carboxylic acids is 1. The number of aliphatic carboxylic acids is 1. The van der Waals surface area contributed by atoms with Crippen molar-refractivity contribution >= 4 is 5.97 Å². The van der Waals surface area contributed by atoms with Crippen molar-refractivity contribution in [3.8, 4) is 0 Å². The molecule has 0 aliphatic carbocycles. The Morgan fingerprint density at radius 1 is 1.67 bits per heavy atom. The molecule has 9 heavy (non-hydrogen) atoms. The molecule has 0 aromatic rings. The smallest absolute Gasteiger partial charge is 0.323 e. The Morgan fingerprint density at radius 2 is 2.33 bits per heavy atom. The number of aliphatic hydroxyl groups excluding tert-OH is 1. The molecule has 0 bridgehead atoms. The van der Waals surface area contributed by atoms with Crippen LogP contribution in [0.1, 0.15) is 6.42 Å². The van der Waals surface area contributed by atoms with Crippen LogP contribution in [0.15, 0.2) is 0 Å². The molecule has 3 N–H and O–H groups in total. The summed E-state index contributed by atoms with van der Waals surface area (Å²) in [5.41, 5.74) is 0. The quantitative estimate of drug-likeness (QED) is 0.418. The molecule has 0 radical (unpaired) electrons. The van der Waals surface area contributed by atoms with Crippen molar-refractivity contribution in [2.24, 2.45) is 0 Å². The van der Waals surface area contributed by atoms with Gasteiger partial charge in [-0.25, -0.2) is 0 Å². The summed E-state index contributed by atoms with van der Waals surface area (Å²) in [6, 6.07) is -0.745. The highest BCUT2D eigenvalue weighted by molar-refractivity contribution is 5.74. The van der Waals surface area contributed by atoms with Gasteiger partial charge < -0.3 is 15.5 Å². The van der Waals surface area contributed by atoms with E-state index >= 15 is 0 Å². The van der Waals surface area contributed by atoms with Crippen molar-refractivity contribution in [2.75, 3.05) is 6.54 Å². The van der Waals surface area contributed by atoms with E-state index < -0.39 is 18.1 Å². The van der Waals surface area contributed by atoms with Gasteiger partial charge in [-0.3, -0.25) is 4.79 Å². The maximum absolute atomic E-state index is 10.2. The molecule has 1 aliphatic rings. The van der Waals surface area contributed by atoms with Crippen LogP contribution in [-0.4, -0.2) is 34.9 Å². The van der Waals surface area contributed by atoms with Crippen LogP contribution < -0.4 is 5.32 Å². The summed E-state index contributed by atoms with van der Waals surface area (Å²) in [5, 5.41) is 19.9. The predicted molar refractivity (Wildman–Crippen MR) is 30.1 cm³/mol. The van der Waals surface area contributed by atoms with E-state index in [1.807, 2.05) is 0 Å². The standard InChI is InChI=1S/C5H9NO3/c7-3-1-2-6-4(3)5(8)9/h3-4,6-7H,1-2H2,(H,8,9)/t3-,4+/m1/s1. The zero-order chi connectivity index (χ0) is 6.85. The fourth-order valence-electron chi connectivity index (χ4n) is 0.941. The average Bonchev–Trinajstić information content (AvgIpc) is 2.13. The van der Waals surface area contributed by atoms with E-state index in [2.05, 4.69) is 5.32 Å². The number of carbonyl (C=O) groups is 1. The summed E-state index contributed by atoms with van der Waals surface area (Å²) in [5.74, 6) is -0.972. The molecule has 52 valence electrons. The van der Waals surface area contributed by atoms with Gasteiger partial charge in [-0.1, -0.05) is 0 Å². The minimum Gasteiger partial charge on any atom is -0.480 e. The third kappa shape index (κ3) is 1.20. The highest BCUT2D eigenvalue weighted by Crippen LogP contribution is 2.05. The van der Waals surface area contributed by atoms with E-state index in [1.165, 1.54) is 0 Å². The van der Waals surface area contributed by atoms with Gasteiger partial charge in [-0.2, -0.15) is 0 Å². The van der Waals surface area contributed by atoms with Crippen molar-refractivity contribution in [1.82, 2.24) is 5.32 Å². The predicted octanol–water partition coefficient (Wildman–Crippen LogP) is -1.21. The van der Waals surface area contributed by atoms with Crippen molar-refractivity contribution in [3.63, 3.8) is 0 Å². The van der Waals surface area contributed by atoms with Crippen LogP contribution in [0.4, 0.5) is 0 Å². The molecule has 1 fully saturated rings. The molecular formula is C5H9NO3. The van der Waals surface area contributed by atoms with Crippen molar-refractivity contribution in [2.45, 2.75) is 18.6 Å². The van der Waals surface area contributed by atoms with Gasteiger partial charge in [0.1, 0.15) is 6.04 Å². The molecule has 0 amide bonds. The van der Waals surface area contributed by atoms with Crippen LogP contribution in [0, 0.1) is 0 Å². The van der Waals surface area contributed by atoms with Crippen LogP contribution in [0.3, 0.4) is 0 Å². The SMILES string of the molecule is O=C(O)[C@H]1NCC[C@H]1O. The third-order valence-corrected chi connectivity index (χ3v) is 1.46. The number of hydrogen-bond donors (Lipinski definition) is 3. The van der Waals surface area contributed by atoms with E-state index in [0.717, 1.165) is 0 Å². The lowest BCUT2D eigenvalue weighted by Gasteiger charge is -2.06. The number of carboxylic acid groups (broad SMARTS) is 1. The second kappa shape index (κ2) is 2.33. The number of nitrogens with one attached hydrogen (secondary N) is 1. The van der Waals surface area contributed by atoms with E-state index in [1.54, 1.807) is 0 Å². The van der Waals surface area contributed by atoms with Gasteiger partial charge in [0.25, 0.3) is 0 Å². The minimum atomic E-state index is -0.972. The minimum absolute atomic E-state index is 0.539. The Bertz CT molecular complexity index is 125. The first kappa shape index (κ1) is 6.51. The van der Waals surface area contributed by atoms with Crippen molar-refractivity contribution < 1.29 is 15.0 Å². The van der Waals surface area contributed by atoms with Crippen LogP contribution in [0.25, 0.3) is 0 Å². The largest absolute Gasteiger partial charge is 0.480 e. The zero-order valence-corrected chi connectivity index (χ0v) is 4.87. The fourth-order valence-corrected chi connectivity index (χ4v) is 0.941. The number of hydrogen-bond acceptors (Lipinski definition) is 3. The van der Waals surface area contributed by atoms with E-state index in [4.69, 9.17) is 10.2 Å². The molecule has 1 aliphatic heterocycles. The van der Waals surface area contributed by atoms with Crippen LogP contribution in [-0.2, 0) is 4.79 Å². The maximum Gasteiger partial charge on any atom is 0.323 e. The highest BCUT2D eigenvalue weighted by Gasteiger charge is 2.30. The Kier molecular flexibility index (Phi) is 1.68. The Hall–Kier alpha value is -0.610. The molecule has 1 saturated heterocycles. The molecule has 0 unspecified atom stereocenters. The van der Waals surface area contributed by atoms with Crippen molar-refractivity contribution in [3.05, 3.63) is 0 Å². The topological polar surface area (TPSA) is 69.6 Å². The number of rotatable bonds is 1. The second-order valence-electron chi connectivity index (χ2n) is 2.13. The molecule has 0 spiro atoms. The molecule has 1 rings (SSSR count). The molecule has 0 saturated carbocycles. The lowest BCUT2D eigenvalue weighted by Crippen LogP contribution is -2.38. The normalized spacial score (nSPS) is 34.8. The van der Waals surface area contributed by atoms with Crippen LogP contribution in [0.5, 0.6) is 0 Å². The van der Waals surface area contributed by atoms with Gasteiger partial charge in [0.2, 0.25) is 0 Å². The molecular weight excluding hydrogens is 122 g/mol. The van der Waals surface area contributed by atoms with Gasteiger partial charge in [0.15, 0.2) is 0 Å². The van der Waals surface area contributed by atoms with E-state index in [9.17, 15) is 4.79 Å². The van der Waals surface area contributed by atoms with E-state index in [-0.39, 0.29) is 0 Å². The summed E-state index contributed by atoms with van der Waals surface area (Å²) >= 11 is 0.